The van der Waals surface area contributed by atoms with Gasteiger partial charge in [-0.05, 0) is 87.0 Å². The lowest BCUT2D eigenvalue weighted by molar-refractivity contribution is -0.152. The number of hydrogen-bond acceptors (Lipinski definition) is 3. The van der Waals surface area contributed by atoms with Gasteiger partial charge in [0.2, 0.25) is 0 Å². The van der Waals surface area contributed by atoms with Gasteiger partial charge in [0.05, 0.1) is 5.56 Å². The van der Waals surface area contributed by atoms with E-state index in [1.807, 2.05) is 0 Å². The minimum atomic E-state index is -4.45. The van der Waals surface area contributed by atoms with Crippen LogP contribution in [0.4, 0.5) is 13.2 Å². The van der Waals surface area contributed by atoms with E-state index in [1.54, 1.807) is 0 Å². The molecule has 0 aromatic heterocycles. The molecule has 162 valence electrons. The van der Waals surface area contributed by atoms with Crippen molar-refractivity contribution in [1.82, 2.24) is 5.32 Å². The Bertz CT molecular complexity index is 826. The fourth-order valence-corrected chi connectivity index (χ4v) is 5.88. The third kappa shape index (κ3) is 4.55. The van der Waals surface area contributed by atoms with Crippen LogP contribution in [-0.2, 0) is 20.5 Å². The lowest BCUT2D eigenvalue weighted by Gasteiger charge is -2.57. The standard InChI is InChI=1S/C23H26F3NO3/c1-14(21(29)27-22-11-16-7-17(12-22)9-18(8-16)13-22)30-20(28)6-5-15-3-2-4-19(10-15)23(24,25)26/h2-6,10,14,16-18H,7-9,11-13H2,1H3,(H,27,29)/b6-5+/t14-,16?,17?,18?,22?/m1/s1. The van der Waals surface area contributed by atoms with Crippen LogP contribution in [0.25, 0.3) is 6.08 Å². The summed E-state index contributed by atoms with van der Waals surface area (Å²) in [6.07, 6.45) is 3.68. The molecule has 1 aromatic carbocycles. The van der Waals surface area contributed by atoms with Gasteiger partial charge in [0.15, 0.2) is 6.10 Å². The zero-order valence-corrected chi connectivity index (χ0v) is 16.9. The molecule has 0 unspecified atom stereocenters. The number of carbonyl (C=O) groups excluding carboxylic acids is 2. The van der Waals surface area contributed by atoms with Gasteiger partial charge in [0.25, 0.3) is 5.91 Å². The van der Waals surface area contributed by atoms with Crippen LogP contribution >= 0.6 is 0 Å². The Morgan fingerprint density at radius 1 is 1.13 bits per heavy atom. The molecule has 1 atom stereocenters. The number of hydrogen-bond donors (Lipinski definition) is 1. The van der Waals surface area contributed by atoms with Gasteiger partial charge in [-0.25, -0.2) is 4.79 Å². The third-order valence-corrected chi connectivity index (χ3v) is 6.71. The highest BCUT2D eigenvalue weighted by atomic mass is 19.4. The first kappa shape index (κ1) is 20.9. The average molecular weight is 421 g/mol. The predicted molar refractivity (Wildman–Crippen MR) is 105 cm³/mol. The summed E-state index contributed by atoms with van der Waals surface area (Å²) in [5.74, 6) is 0.984. The molecule has 4 aliphatic carbocycles. The van der Waals surface area contributed by atoms with Gasteiger partial charge in [-0.3, -0.25) is 4.79 Å². The smallest absolute Gasteiger partial charge is 0.416 e. The Balaban J connectivity index is 1.32. The summed E-state index contributed by atoms with van der Waals surface area (Å²) in [4.78, 5) is 24.7. The van der Waals surface area contributed by atoms with Crippen molar-refractivity contribution in [2.45, 2.75) is 63.3 Å². The molecule has 4 fully saturated rings. The third-order valence-electron chi connectivity index (χ3n) is 6.71. The lowest BCUT2D eigenvalue weighted by atomic mass is 9.53. The van der Waals surface area contributed by atoms with Crippen LogP contribution in [0.5, 0.6) is 0 Å². The van der Waals surface area contributed by atoms with Crippen LogP contribution in [-0.4, -0.2) is 23.5 Å². The zero-order valence-electron chi connectivity index (χ0n) is 16.9. The largest absolute Gasteiger partial charge is 0.449 e. The van der Waals surface area contributed by atoms with E-state index in [2.05, 4.69) is 5.32 Å². The summed E-state index contributed by atoms with van der Waals surface area (Å²) in [5.41, 5.74) is -0.728. The van der Waals surface area contributed by atoms with Crippen molar-refractivity contribution in [2.75, 3.05) is 0 Å². The van der Waals surface area contributed by atoms with Crippen molar-refractivity contribution >= 4 is 18.0 Å². The highest BCUT2D eigenvalue weighted by Gasteiger charge is 2.51. The fraction of sp³-hybridized carbons (Fsp3) is 0.565. The molecule has 4 saturated carbocycles. The van der Waals surface area contributed by atoms with Gasteiger partial charge in [0.1, 0.15) is 0 Å². The molecule has 0 saturated heterocycles. The van der Waals surface area contributed by atoms with Gasteiger partial charge in [0, 0.05) is 11.6 Å². The molecule has 0 heterocycles. The minimum Gasteiger partial charge on any atom is -0.449 e. The predicted octanol–water partition coefficient (Wildman–Crippen LogP) is 4.74. The van der Waals surface area contributed by atoms with Crippen LogP contribution in [0, 0.1) is 17.8 Å². The molecule has 4 bridgehead atoms. The summed E-state index contributed by atoms with van der Waals surface area (Å²) < 4.78 is 43.5. The Kier molecular flexibility index (Phi) is 5.41. The number of esters is 1. The number of alkyl halides is 3. The molecule has 0 radical (unpaired) electrons. The van der Waals surface area contributed by atoms with E-state index in [9.17, 15) is 22.8 Å². The SMILES string of the molecule is C[C@@H](OC(=O)/C=C/c1cccc(C(F)(F)F)c1)C(=O)NC12CC3CC(CC(C3)C1)C2. The second-order valence-corrected chi connectivity index (χ2v) is 9.22. The number of nitrogens with one attached hydrogen (secondary N) is 1. The number of benzene rings is 1. The van der Waals surface area contributed by atoms with E-state index in [-0.39, 0.29) is 17.0 Å². The summed E-state index contributed by atoms with van der Waals surface area (Å²) in [7, 11) is 0. The minimum absolute atomic E-state index is 0.166. The van der Waals surface area contributed by atoms with Crippen LogP contribution in [0.2, 0.25) is 0 Å². The quantitative estimate of drug-likeness (QED) is 0.552. The molecule has 30 heavy (non-hydrogen) atoms. The van der Waals surface area contributed by atoms with Crippen molar-refractivity contribution in [3.63, 3.8) is 0 Å². The van der Waals surface area contributed by atoms with Crippen molar-refractivity contribution in [2.24, 2.45) is 17.8 Å². The van der Waals surface area contributed by atoms with E-state index in [4.69, 9.17) is 4.74 Å². The summed E-state index contributed by atoms with van der Waals surface area (Å²) >= 11 is 0. The van der Waals surface area contributed by atoms with E-state index in [0.29, 0.717) is 17.8 Å². The molecule has 0 spiro atoms. The summed E-state index contributed by atoms with van der Waals surface area (Å²) in [6, 6.07) is 4.65. The van der Waals surface area contributed by atoms with Gasteiger partial charge < -0.3 is 10.1 Å². The highest BCUT2D eigenvalue weighted by Crippen LogP contribution is 2.55. The second-order valence-electron chi connectivity index (χ2n) is 9.22. The number of halogens is 3. The van der Waals surface area contributed by atoms with Crippen molar-refractivity contribution < 1.29 is 27.5 Å². The number of amides is 1. The molecule has 5 rings (SSSR count). The first-order valence-electron chi connectivity index (χ1n) is 10.5. The Hall–Kier alpha value is -2.31. The van der Waals surface area contributed by atoms with Gasteiger partial charge >= 0.3 is 12.1 Å². The molecule has 7 heteroatoms. The van der Waals surface area contributed by atoms with Gasteiger partial charge in [-0.15, -0.1) is 0 Å². The van der Waals surface area contributed by atoms with Crippen LogP contribution in [0.1, 0.15) is 56.6 Å². The number of ether oxygens (including phenoxy) is 1. The number of carbonyl (C=O) groups is 2. The molecule has 4 aliphatic rings. The molecule has 1 N–H and O–H groups in total. The molecule has 4 nitrogen and oxygen atoms in total. The summed E-state index contributed by atoms with van der Waals surface area (Å²) in [5, 5.41) is 3.16. The molecular weight excluding hydrogens is 395 g/mol. The van der Waals surface area contributed by atoms with Crippen LogP contribution in [0.15, 0.2) is 30.3 Å². The highest BCUT2D eigenvalue weighted by molar-refractivity contribution is 5.90. The zero-order chi connectivity index (χ0) is 21.5. The van der Waals surface area contributed by atoms with E-state index in [1.165, 1.54) is 44.4 Å². The topological polar surface area (TPSA) is 55.4 Å². The van der Waals surface area contributed by atoms with E-state index < -0.39 is 23.8 Å². The lowest BCUT2D eigenvalue weighted by Crippen LogP contribution is -2.61. The van der Waals surface area contributed by atoms with Gasteiger partial charge in [-0.2, -0.15) is 13.2 Å². The van der Waals surface area contributed by atoms with E-state index in [0.717, 1.165) is 37.5 Å². The maximum atomic E-state index is 12.8. The van der Waals surface area contributed by atoms with Crippen LogP contribution < -0.4 is 5.32 Å². The van der Waals surface area contributed by atoms with Crippen LogP contribution in [0.3, 0.4) is 0 Å². The Labute approximate surface area is 173 Å². The first-order chi connectivity index (χ1) is 14.1. The monoisotopic (exact) mass is 421 g/mol. The maximum Gasteiger partial charge on any atom is 0.416 e. The molecular formula is C23H26F3NO3. The average Bonchev–Trinajstić information content (AvgIpc) is 2.64. The number of rotatable bonds is 5. The van der Waals surface area contributed by atoms with Crippen molar-refractivity contribution in [3.05, 3.63) is 41.5 Å². The molecule has 1 amide bonds. The fourth-order valence-electron chi connectivity index (χ4n) is 5.88. The second kappa shape index (κ2) is 7.75. The Morgan fingerprint density at radius 3 is 2.30 bits per heavy atom. The van der Waals surface area contributed by atoms with Gasteiger partial charge in [-0.1, -0.05) is 12.1 Å². The first-order valence-corrected chi connectivity index (χ1v) is 10.5. The molecule has 0 aliphatic heterocycles. The Morgan fingerprint density at radius 2 is 1.73 bits per heavy atom. The van der Waals surface area contributed by atoms with Crippen molar-refractivity contribution in [1.29, 1.82) is 0 Å². The molecule has 1 aromatic rings. The summed E-state index contributed by atoms with van der Waals surface area (Å²) in [6.45, 7) is 1.52. The maximum absolute atomic E-state index is 12.8. The normalized spacial score (nSPS) is 31.0. The van der Waals surface area contributed by atoms with E-state index >= 15 is 0 Å². The van der Waals surface area contributed by atoms with Crippen molar-refractivity contribution in [3.8, 4) is 0 Å².